The molecular weight excluding hydrogens is 463 g/mol. The van der Waals surface area contributed by atoms with E-state index in [2.05, 4.69) is 0 Å². The van der Waals surface area contributed by atoms with Gasteiger partial charge in [-0.2, -0.15) is 0 Å². The molecule has 0 spiro atoms. The zero-order chi connectivity index (χ0) is 22.9. The number of nitrogens with zero attached hydrogens (tertiary/aromatic N) is 2. The number of ketones is 1. The summed E-state index contributed by atoms with van der Waals surface area (Å²) in [4.78, 5) is 44.0. The Morgan fingerprint density at radius 3 is 2.52 bits per heavy atom. The number of carbonyl (C=O) groups excluding carboxylic acids is 3. The Labute approximate surface area is 199 Å². The fourth-order valence-corrected chi connectivity index (χ4v) is 5.68. The van der Waals surface area contributed by atoms with Gasteiger partial charge in [0.2, 0.25) is 17.6 Å². The van der Waals surface area contributed by atoms with Crippen LogP contribution in [0, 0.1) is 11.8 Å². The van der Waals surface area contributed by atoms with Gasteiger partial charge in [0.25, 0.3) is 0 Å². The summed E-state index contributed by atoms with van der Waals surface area (Å²) in [5.74, 6) is -2.73. The first-order valence-corrected chi connectivity index (χ1v) is 11.2. The van der Waals surface area contributed by atoms with Gasteiger partial charge in [-0.05, 0) is 47.5 Å². The summed E-state index contributed by atoms with van der Waals surface area (Å²) in [5.41, 5.74) is 2.07. The maximum absolute atomic E-state index is 13.8. The Hall–Kier alpha value is -3.35. The first kappa shape index (κ1) is 20.3. The second kappa shape index (κ2) is 7.33. The third-order valence-corrected chi connectivity index (χ3v) is 7.20. The van der Waals surface area contributed by atoms with E-state index >= 15 is 0 Å². The molecule has 0 aliphatic carbocycles. The standard InChI is InChI=1S/C25H16Cl2N2O4/c26-14-7-8-16(27)17(12-14)29-24(31)19-20(25(29)32)22(23(30)18-6-3-11-33-18)28-10-9-13-4-1-2-5-15(13)21(19)28/h1-12,19-22H/t19-,20+,21+,22-/m0/s1. The Balaban J connectivity index is 1.52. The highest BCUT2D eigenvalue weighted by Crippen LogP contribution is 2.54. The number of carbonyl (C=O) groups is 3. The average molecular weight is 479 g/mol. The quantitative estimate of drug-likeness (QED) is 0.391. The van der Waals surface area contributed by atoms with Gasteiger partial charge in [-0.3, -0.25) is 14.4 Å². The van der Waals surface area contributed by atoms with Crippen LogP contribution in [0.2, 0.25) is 10.0 Å². The van der Waals surface area contributed by atoms with Crippen LogP contribution in [0.3, 0.4) is 0 Å². The maximum Gasteiger partial charge on any atom is 0.240 e. The monoisotopic (exact) mass is 478 g/mol. The number of halogens is 2. The van der Waals surface area contributed by atoms with Crippen LogP contribution in [0.5, 0.6) is 0 Å². The molecule has 164 valence electrons. The van der Waals surface area contributed by atoms with Crippen molar-refractivity contribution in [2.45, 2.75) is 12.1 Å². The molecule has 0 bridgehead atoms. The smallest absolute Gasteiger partial charge is 0.240 e. The van der Waals surface area contributed by atoms with Crippen molar-refractivity contribution < 1.29 is 18.8 Å². The van der Waals surface area contributed by atoms with E-state index in [0.717, 1.165) is 16.0 Å². The zero-order valence-corrected chi connectivity index (χ0v) is 18.5. The number of benzene rings is 2. The topological polar surface area (TPSA) is 70.8 Å². The predicted octanol–water partition coefficient (Wildman–Crippen LogP) is 4.98. The third kappa shape index (κ3) is 2.84. The van der Waals surface area contributed by atoms with Crippen molar-refractivity contribution >= 4 is 52.6 Å². The number of rotatable bonds is 3. The lowest BCUT2D eigenvalue weighted by Gasteiger charge is -2.35. The second-order valence-electron chi connectivity index (χ2n) is 8.28. The van der Waals surface area contributed by atoms with Crippen LogP contribution < -0.4 is 4.90 Å². The summed E-state index contributed by atoms with van der Waals surface area (Å²) < 4.78 is 5.37. The number of anilines is 1. The minimum Gasteiger partial charge on any atom is -0.461 e. The van der Waals surface area contributed by atoms with Crippen LogP contribution in [0.1, 0.15) is 27.7 Å². The summed E-state index contributed by atoms with van der Waals surface area (Å²) in [6, 6.07) is 14.1. The molecule has 0 unspecified atom stereocenters. The van der Waals surface area contributed by atoms with Crippen molar-refractivity contribution in [3.63, 3.8) is 0 Å². The lowest BCUT2D eigenvalue weighted by atomic mass is 9.84. The van der Waals surface area contributed by atoms with Gasteiger partial charge in [-0.1, -0.05) is 47.5 Å². The van der Waals surface area contributed by atoms with Gasteiger partial charge in [-0.15, -0.1) is 0 Å². The van der Waals surface area contributed by atoms with Crippen molar-refractivity contribution in [2.75, 3.05) is 4.90 Å². The highest BCUT2D eigenvalue weighted by Gasteiger charge is 2.65. The van der Waals surface area contributed by atoms with E-state index in [1.165, 1.54) is 12.3 Å². The van der Waals surface area contributed by atoms with Crippen LogP contribution in [0.15, 0.2) is 71.5 Å². The van der Waals surface area contributed by atoms with E-state index < -0.39 is 35.7 Å². The zero-order valence-electron chi connectivity index (χ0n) is 17.0. The van der Waals surface area contributed by atoms with E-state index in [9.17, 15) is 14.4 Å². The molecule has 2 aromatic carbocycles. The van der Waals surface area contributed by atoms with Crippen LogP contribution >= 0.6 is 23.2 Å². The molecular formula is C25H16Cl2N2O4. The second-order valence-corrected chi connectivity index (χ2v) is 9.13. The first-order valence-electron chi connectivity index (χ1n) is 10.4. The highest BCUT2D eigenvalue weighted by atomic mass is 35.5. The molecule has 2 amide bonds. The third-order valence-electron chi connectivity index (χ3n) is 6.64. The number of amides is 2. The fourth-order valence-electron chi connectivity index (χ4n) is 5.32. The maximum atomic E-state index is 13.8. The summed E-state index contributed by atoms with van der Waals surface area (Å²) in [6.45, 7) is 0. The van der Waals surface area contributed by atoms with E-state index in [4.69, 9.17) is 27.6 Å². The summed E-state index contributed by atoms with van der Waals surface area (Å²) in [5, 5.41) is 0.582. The first-order chi connectivity index (χ1) is 16.0. The lowest BCUT2D eigenvalue weighted by Crippen LogP contribution is -2.44. The molecule has 6 nitrogen and oxygen atoms in total. The number of fused-ring (bicyclic) bond motifs is 5. The molecule has 1 aromatic heterocycles. The largest absolute Gasteiger partial charge is 0.461 e. The van der Waals surface area contributed by atoms with E-state index in [-0.39, 0.29) is 22.3 Å². The van der Waals surface area contributed by atoms with Gasteiger partial charge in [0.15, 0.2) is 5.76 Å². The molecule has 33 heavy (non-hydrogen) atoms. The van der Waals surface area contributed by atoms with Gasteiger partial charge in [-0.25, -0.2) is 4.90 Å². The Bertz CT molecular complexity index is 1350. The number of Topliss-reactive ketones (excluding diaryl/α,β-unsaturated/α-hetero) is 1. The minimum atomic E-state index is -0.897. The molecule has 3 aromatic rings. The SMILES string of the molecule is O=C(c1ccco1)[C@@H]1[C@@H]2C(=O)N(c3cc(Cl)ccc3Cl)C(=O)[C@@H]2[C@H]2c3ccccc3C=CN12. The van der Waals surface area contributed by atoms with Crippen molar-refractivity contribution in [1.29, 1.82) is 0 Å². The van der Waals surface area contributed by atoms with Crippen LogP contribution in [-0.4, -0.2) is 28.5 Å². The van der Waals surface area contributed by atoms with Crippen LogP contribution in [0.4, 0.5) is 5.69 Å². The Morgan fingerprint density at radius 2 is 1.73 bits per heavy atom. The molecule has 4 atom stereocenters. The summed E-state index contributed by atoms with van der Waals surface area (Å²) in [7, 11) is 0. The molecule has 8 heteroatoms. The van der Waals surface area contributed by atoms with Crippen molar-refractivity contribution in [3.05, 3.63) is 94.0 Å². The summed E-state index contributed by atoms with van der Waals surface area (Å²) in [6.07, 6.45) is 5.11. The molecule has 2 saturated heterocycles. The normalized spacial score (nSPS) is 25.3. The van der Waals surface area contributed by atoms with Crippen LogP contribution in [-0.2, 0) is 9.59 Å². The molecule has 0 radical (unpaired) electrons. The lowest BCUT2D eigenvalue weighted by molar-refractivity contribution is -0.123. The van der Waals surface area contributed by atoms with Crippen LogP contribution in [0.25, 0.3) is 6.08 Å². The average Bonchev–Trinajstić information content (AvgIpc) is 3.52. The van der Waals surface area contributed by atoms with Gasteiger partial charge < -0.3 is 9.32 Å². The highest BCUT2D eigenvalue weighted by molar-refractivity contribution is 6.38. The number of furan rings is 1. The van der Waals surface area contributed by atoms with Crippen molar-refractivity contribution in [1.82, 2.24) is 4.90 Å². The predicted molar refractivity (Wildman–Crippen MR) is 123 cm³/mol. The molecule has 2 fully saturated rings. The Kier molecular flexibility index (Phi) is 4.50. The number of hydrogen-bond donors (Lipinski definition) is 0. The minimum absolute atomic E-state index is 0.145. The summed E-state index contributed by atoms with van der Waals surface area (Å²) >= 11 is 12.5. The fraction of sp³-hybridized carbons (Fsp3) is 0.160. The molecule has 4 heterocycles. The molecule has 3 aliphatic rings. The van der Waals surface area contributed by atoms with Gasteiger partial charge in [0.05, 0.1) is 34.9 Å². The van der Waals surface area contributed by atoms with E-state index in [1.807, 2.05) is 35.2 Å². The van der Waals surface area contributed by atoms with Gasteiger partial charge in [0.1, 0.15) is 6.04 Å². The molecule has 0 saturated carbocycles. The van der Waals surface area contributed by atoms with Gasteiger partial charge in [0, 0.05) is 11.2 Å². The van der Waals surface area contributed by atoms with Gasteiger partial charge >= 0.3 is 0 Å². The molecule has 6 rings (SSSR count). The van der Waals surface area contributed by atoms with E-state index in [0.29, 0.717) is 5.02 Å². The molecule has 0 N–H and O–H groups in total. The van der Waals surface area contributed by atoms with Crippen molar-refractivity contribution in [3.8, 4) is 0 Å². The number of hydrogen-bond acceptors (Lipinski definition) is 5. The Morgan fingerprint density at radius 1 is 0.939 bits per heavy atom. The molecule has 3 aliphatic heterocycles. The van der Waals surface area contributed by atoms with E-state index in [1.54, 1.807) is 30.5 Å². The number of imide groups is 1. The van der Waals surface area contributed by atoms with Crippen molar-refractivity contribution in [2.24, 2.45) is 11.8 Å².